The summed E-state index contributed by atoms with van der Waals surface area (Å²) in [6.07, 6.45) is 0.725. The van der Waals surface area contributed by atoms with E-state index in [0.717, 1.165) is 17.7 Å². The maximum absolute atomic E-state index is 11.8. The number of amides is 1. The number of nitrogens with one attached hydrogen (secondary N) is 1. The van der Waals surface area contributed by atoms with E-state index in [-0.39, 0.29) is 12.5 Å². The number of carbonyl (C=O) groups excluding carboxylic acids is 1. The van der Waals surface area contributed by atoms with Crippen LogP contribution < -0.4 is 10.2 Å². The van der Waals surface area contributed by atoms with Crippen molar-refractivity contribution in [2.24, 2.45) is 5.10 Å². The first-order valence-corrected chi connectivity index (χ1v) is 7.36. The molecule has 4 nitrogen and oxygen atoms in total. The summed E-state index contributed by atoms with van der Waals surface area (Å²) in [6.45, 7) is 1.89. The van der Waals surface area contributed by atoms with Gasteiger partial charge in [0.1, 0.15) is 5.75 Å². The van der Waals surface area contributed by atoms with Gasteiger partial charge in [0.05, 0.1) is 5.71 Å². The molecule has 1 N–H and O–H groups in total. The highest BCUT2D eigenvalue weighted by atomic mass is 35.5. The summed E-state index contributed by atoms with van der Waals surface area (Å²) in [5.41, 5.74) is 4.32. The molecule has 2 aromatic carbocycles. The number of nitrogens with zero attached hydrogens (tertiary/aromatic N) is 1. The Morgan fingerprint density at radius 3 is 2.45 bits per heavy atom. The van der Waals surface area contributed by atoms with E-state index >= 15 is 0 Å². The normalized spacial score (nSPS) is 11.1. The van der Waals surface area contributed by atoms with Crippen molar-refractivity contribution in [3.8, 4) is 5.75 Å². The third kappa shape index (κ3) is 4.90. The topological polar surface area (TPSA) is 50.7 Å². The number of rotatable bonds is 6. The first-order valence-electron chi connectivity index (χ1n) is 6.98. The molecule has 1 amide bonds. The number of benzene rings is 2. The summed E-state index contributed by atoms with van der Waals surface area (Å²) in [7, 11) is 0. The second-order valence-electron chi connectivity index (χ2n) is 4.56. The van der Waals surface area contributed by atoms with Crippen LogP contribution in [0.3, 0.4) is 0 Å². The maximum Gasteiger partial charge on any atom is 0.277 e. The van der Waals surface area contributed by atoms with E-state index < -0.39 is 0 Å². The predicted octanol–water partition coefficient (Wildman–Crippen LogP) is 3.65. The molecule has 0 saturated heterocycles. The van der Waals surface area contributed by atoms with E-state index in [9.17, 15) is 4.79 Å². The number of carbonyl (C=O) groups is 1. The van der Waals surface area contributed by atoms with Gasteiger partial charge < -0.3 is 4.74 Å². The van der Waals surface area contributed by atoms with Gasteiger partial charge in [0.2, 0.25) is 0 Å². The van der Waals surface area contributed by atoms with Crippen molar-refractivity contribution in [1.82, 2.24) is 5.43 Å². The number of hydrogen-bond donors (Lipinski definition) is 1. The lowest BCUT2D eigenvalue weighted by atomic mass is 10.1. The Labute approximate surface area is 134 Å². The molecule has 22 heavy (non-hydrogen) atoms. The molecule has 2 rings (SSSR count). The number of hydrazone groups is 1. The van der Waals surface area contributed by atoms with Gasteiger partial charge in [-0.25, -0.2) is 5.43 Å². The zero-order chi connectivity index (χ0) is 15.8. The molecular formula is C17H17ClN2O2. The van der Waals surface area contributed by atoms with E-state index in [1.54, 1.807) is 24.3 Å². The SMILES string of the molecule is CCC(=NNC(=O)COc1ccc(Cl)cc1)c1ccccc1. The number of ether oxygens (including phenoxy) is 1. The quantitative estimate of drug-likeness (QED) is 0.653. The van der Waals surface area contributed by atoms with Gasteiger partial charge >= 0.3 is 0 Å². The van der Waals surface area contributed by atoms with Crippen molar-refractivity contribution in [3.63, 3.8) is 0 Å². The molecule has 0 aliphatic heterocycles. The van der Waals surface area contributed by atoms with Gasteiger partial charge in [0, 0.05) is 5.02 Å². The zero-order valence-electron chi connectivity index (χ0n) is 12.3. The summed E-state index contributed by atoms with van der Waals surface area (Å²) < 4.78 is 5.35. The van der Waals surface area contributed by atoms with Crippen LogP contribution in [0, 0.1) is 0 Å². The zero-order valence-corrected chi connectivity index (χ0v) is 13.0. The van der Waals surface area contributed by atoms with Crippen LogP contribution in [-0.4, -0.2) is 18.2 Å². The molecule has 0 aliphatic carbocycles. The Balaban J connectivity index is 1.88. The minimum atomic E-state index is -0.308. The molecule has 0 aliphatic rings. The number of halogens is 1. The van der Waals surface area contributed by atoms with E-state index in [1.807, 2.05) is 37.3 Å². The summed E-state index contributed by atoms with van der Waals surface area (Å²) in [5.74, 6) is 0.277. The van der Waals surface area contributed by atoms with E-state index in [1.165, 1.54) is 0 Å². The first-order chi connectivity index (χ1) is 10.7. The average Bonchev–Trinajstić information content (AvgIpc) is 2.56. The Morgan fingerprint density at radius 1 is 1.14 bits per heavy atom. The lowest BCUT2D eigenvalue weighted by Crippen LogP contribution is -2.26. The Morgan fingerprint density at radius 2 is 1.82 bits per heavy atom. The summed E-state index contributed by atoms with van der Waals surface area (Å²) in [4.78, 5) is 11.8. The van der Waals surface area contributed by atoms with Crippen molar-refractivity contribution in [3.05, 3.63) is 65.2 Å². The highest BCUT2D eigenvalue weighted by molar-refractivity contribution is 6.30. The molecule has 0 atom stereocenters. The van der Waals surface area contributed by atoms with Crippen LogP contribution in [0.15, 0.2) is 59.7 Å². The molecule has 114 valence electrons. The van der Waals surface area contributed by atoms with Crippen molar-refractivity contribution in [1.29, 1.82) is 0 Å². The fraction of sp³-hybridized carbons (Fsp3) is 0.176. The highest BCUT2D eigenvalue weighted by Crippen LogP contribution is 2.15. The van der Waals surface area contributed by atoms with Gasteiger partial charge in [0.25, 0.3) is 5.91 Å². The van der Waals surface area contributed by atoms with E-state index in [4.69, 9.17) is 16.3 Å². The van der Waals surface area contributed by atoms with Gasteiger partial charge in [-0.3, -0.25) is 4.79 Å². The van der Waals surface area contributed by atoms with Crippen molar-refractivity contribution < 1.29 is 9.53 Å². The third-order valence-electron chi connectivity index (χ3n) is 2.94. The second kappa shape index (κ2) is 8.20. The Hall–Kier alpha value is -2.33. The summed E-state index contributed by atoms with van der Waals surface area (Å²) in [5, 5.41) is 4.78. The van der Waals surface area contributed by atoms with Crippen LogP contribution in [-0.2, 0) is 4.79 Å². The molecule has 5 heteroatoms. The van der Waals surface area contributed by atoms with Gasteiger partial charge in [0.15, 0.2) is 6.61 Å². The van der Waals surface area contributed by atoms with Crippen LogP contribution in [0.5, 0.6) is 5.75 Å². The molecule has 0 radical (unpaired) electrons. The molecule has 2 aromatic rings. The van der Waals surface area contributed by atoms with Crippen LogP contribution in [0.1, 0.15) is 18.9 Å². The van der Waals surface area contributed by atoms with E-state index in [0.29, 0.717) is 10.8 Å². The van der Waals surface area contributed by atoms with Crippen LogP contribution in [0.25, 0.3) is 0 Å². The predicted molar refractivity (Wildman–Crippen MR) is 88.4 cm³/mol. The lowest BCUT2D eigenvalue weighted by Gasteiger charge is -2.07. The Bertz CT molecular complexity index is 639. The molecule has 0 spiro atoms. The molecule has 0 fully saturated rings. The fourth-order valence-corrected chi connectivity index (χ4v) is 1.95. The largest absolute Gasteiger partial charge is 0.484 e. The van der Waals surface area contributed by atoms with E-state index in [2.05, 4.69) is 10.5 Å². The van der Waals surface area contributed by atoms with Gasteiger partial charge in [-0.1, -0.05) is 48.9 Å². The molecule has 0 unspecified atom stereocenters. The van der Waals surface area contributed by atoms with Crippen LogP contribution >= 0.6 is 11.6 Å². The minimum absolute atomic E-state index is 0.100. The van der Waals surface area contributed by atoms with Crippen LogP contribution in [0.4, 0.5) is 0 Å². The molecule has 0 bridgehead atoms. The average molecular weight is 317 g/mol. The second-order valence-corrected chi connectivity index (χ2v) is 4.99. The van der Waals surface area contributed by atoms with Gasteiger partial charge in [-0.05, 0) is 36.2 Å². The van der Waals surface area contributed by atoms with Gasteiger partial charge in [-0.15, -0.1) is 0 Å². The smallest absolute Gasteiger partial charge is 0.277 e. The summed E-state index contributed by atoms with van der Waals surface area (Å²) >= 11 is 5.78. The lowest BCUT2D eigenvalue weighted by molar-refractivity contribution is -0.123. The Kier molecular flexibility index (Phi) is 5.98. The monoisotopic (exact) mass is 316 g/mol. The third-order valence-corrected chi connectivity index (χ3v) is 3.19. The van der Waals surface area contributed by atoms with Crippen LogP contribution in [0.2, 0.25) is 5.02 Å². The summed E-state index contributed by atoms with van der Waals surface area (Å²) in [6, 6.07) is 16.6. The van der Waals surface area contributed by atoms with Crippen molar-refractivity contribution >= 4 is 23.2 Å². The maximum atomic E-state index is 11.8. The molecule has 0 heterocycles. The van der Waals surface area contributed by atoms with Crippen molar-refractivity contribution in [2.75, 3.05) is 6.61 Å². The molecular weight excluding hydrogens is 300 g/mol. The highest BCUT2D eigenvalue weighted by Gasteiger charge is 2.04. The molecule has 0 aromatic heterocycles. The minimum Gasteiger partial charge on any atom is -0.484 e. The van der Waals surface area contributed by atoms with Gasteiger partial charge in [-0.2, -0.15) is 5.10 Å². The first kappa shape index (κ1) is 16.0. The standard InChI is InChI=1S/C17H17ClN2O2/c1-2-16(13-6-4-3-5-7-13)19-20-17(21)12-22-15-10-8-14(18)9-11-15/h3-11H,2,12H2,1H3,(H,20,21). The fourth-order valence-electron chi connectivity index (χ4n) is 1.82. The number of hydrogen-bond acceptors (Lipinski definition) is 3. The molecule has 0 saturated carbocycles. The van der Waals surface area contributed by atoms with Crippen molar-refractivity contribution in [2.45, 2.75) is 13.3 Å².